The summed E-state index contributed by atoms with van der Waals surface area (Å²) in [4.78, 5) is 16.8. The Hall–Kier alpha value is -2.54. The first-order chi connectivity index (χ1) is 12.8. The number of halogens is 3. The summed E-state index contributed by atoms with van der Waals surface area (Å²) >= 11 is 1.33. The maximum absolute atomic E-state index is 13.0. The van der Waals surface area contributed by atoms with Gasteiger partial charge in [-0.2, -0.15) is 13.2 Å². The van der Waals surface area contributed by atoms with Crippen LogP contribution in [0.2, 0.25) is 0 Å². The van der Waals surface area contributed by atoms with Gasteiger partial charge < -0.3 is 4.57 Å². The first-order valence-electron chi connectivity index (χ1n) is 8.21. The van der Waals surface area contributed by atoms with Crippen LogP contribution in [0.25, 0.3) is 5.69 Å². The highest BCUT2D eigenvalue weighted by molar-refractivity contribution is 7.99. The molecule has 0 atom stereocenters. The summed E-state index contributed by atoms with van der Waals surface area (Å²) in [7, 11) is 0. The van der Waals surface area contributed by atoms with Gasteiger partial charge in [0, 0.05) is 28.8 Å². The summed E-state index contributed by atoms with van der Waals surface area (Å²) in [5.74, 6) is 0.126. The number of alkyl halides is 3. The number of benzene rings is 1. The predicted molar refractivity (Wildman–Crippen MR) is 99.5 cm³/mol. The van der Waals surface area contributed by atoms with E-state index in [1.165, 1.54) is 17.8 Å². The molecule has 0 aliphatic heterocycles. The fourth-order valence-corrected chi connectivity index (χ4v) is 3.66. The van der Waals surface area contributed by atoms with Gasteiger partial charge in [0.15, 0.2) is 5.78 Å². The Bertz CT molecular complexity index is 965. The molecule has 0 aliphatic carbocycles. The molecule has 2 aromatic heterocycles. The van der Waals surface area contributed by atoms with Crippen molar-refractivity contribution in [1.82, 2.24) is 9.55 Å². The molecule has 0 saturated carbocycles. The summed E-state index contributed by atoms with van der Waals surface area (Å²) in [6, 6.07) is 12.3. The summed E-state index contributed by atoms with van der Waals surface area (Å²) in [5, 5.41) is 0.748. The fourth-order valence-electron chi connectivity index (χ4n) is 2.91. The monoisotopic (exact) mass is 390 g/mol. The largest absolute Gasteiger partial charge is 0.416 e. The van der Waals surface area contributed by atoms with Gasteiger partial charge in [-0.3, -0.25) is 4.79 Å². The highest BCUT2D eigenvalue weighted by atomic mass is 32.2. The lowest BCUT2D eigenvalue weighted by Crippen LogP contribution is -2.08. The summed E-state index contributed by atoms with van der Waals surface area (Å²) < 4.78 is 40.7. The highest BCUT2D eigenvalue weighted by Gasteiger charge is 2.30. The molecule has 0 saturated heterocycles. The van der Waals surface area contributed by atoms with E-state index in [4.69, 9.17) is 0 Å². The number of ketones is 1. The van der Waals surface area contributed by atoms with Crippen LogP contribution in [0.3, 0.4) is 0 Å². The Morgan fingerprint density at radius 3 is 2.56 bits per heavy atom. The van der Waals surface area contributed by atoms with Crippen molar-refractivity contribution in [3.05, 3.63) is 77.2 Å². The van der Waals surface area contributed by atoms with Gasteiger partial charge in [-0.15, -0.1) is 0 Å². The SMILES string of the molecule is Cc1cc(C(=O)CSc2ccccn2)c(C)n1-c1cccc(C(F)(F)F)c1. The Morgan fingerprint density at radius 2 is 1.89 bits per heavy atom. The standard InChI is InChI=1S/C20H17F3N2OS/c1-13-10-17(18(26)12-27-19-8-3-4-9-24-19)14(2)25(13)16-7-5-6-15(11-16)20(21,22)23/h3-11H,12H2,1-2H3. The highest BCUT2D eigenvalue weighted by Crippen LogP contribution is 2.31. The van der Waals surface area contributed by atoms with E-state index in [0.717, 1.165) is 17.2 Å². The average molecular weight is 390 g/mol. The van der Waals surface area contributed by atoms with Crippen LogP contribution in [-0.2, 0) is 6.18 Å². The summed E-state index contributed by atoms with van der Waals surface area (Å²) in [6.07, 6.45) is -2.75. The lowest BCUT2D eigenvalue weighted by atomic mass is 10.1. The molecule has 7 heteroatoms. The molecule has 0 amide bonds. The molecule has 0 spiro atoms. The van der Waals surface area contributed by atoms with Gasteiger partial charge in [-0.25, -0.2) is 4.98 Å². The van der Waals surface area contributed by atoms with E-state index >= 15 is 0 Å². The molecule has 0 unspecified atom stereocenters. The van der Waals surface area contributed by atoms with Gasteiger partial charge in [0.25, 0.3) is 0 Å². The first kappa shape index (κ1) is 19.2. The number of aromatic nitrogens is 2. The van der Waals surface area contributed by atoms with Crippen LogP contribution >= 0.6 is 11.8 Å². The Labute approximate surface area is 159 Å². The Kier molecular flexibility index (Phi) is 5.41. The van der Waals surface area contributed by atoms with Gasteiger partial charge in [0.05, 0.1) is 16.3 Å². The maximum Gasteiger partial charge on any atom is 0.416 e. The van der Waals surface area contributed by atoms with Crippen LogP contribution in [0.1, 0.15) is 27.3 Å². The second-order valence-electron chi connectivity index (χ2n) is 6.05. The van der Waals surface area contributed by atoms with E-state index in [9.17, 15) is 18.0 Å². The van der Waals surface area contributed by atoms with Gasteiger partial charge in [0.2, 0.25) is 0 Å². The van der Waals surface area contributed by atoms with Crippen LogP contribution in [-0.4, -0.2) is 21.1 Å². The minimum absolute atomic E-state index is 0.0861. The predicted octanol–water partition coefficient (Wildman–Crippen LogP) is 5.48. The molecule has 0 fully saturated rings. The van der Waals surface area contributed by atoms with E-state index in [0.29, 0.717) is 22.6 Å². The maximum atomic E-state index is 13.0. The lowest BCUT2D eigenvalue weighted by molar-refractivity contribution is -0.137. The number of pyridine rings is 1. The smallest absolute Gasteiger partial charge is 0.318 e. The molecule has 1 aromatic carbocycles. The number of nitrogens with zero attached hydrogens (tertiary/aromatic N) is 2. The van der Waals surface area contributed by atoms with Gasteiger partial charge >= 0.3 is 6.18 Å². The zero-order valence-corrected chi connectivity index (χ0v) is 15.6. The lowest BCUT2D eigenvalue weighted by Gasteiger charge is -2.13. The van der Waals surface area contributed by atoms with Crippen LogP contribution in [0.4, 0.5) is 13.2 Å². The molecule has 3 aromatic rings. The normalized spacial score (nSPS) is 11.6. The van der Waals surface area contributed by atoms with E-state index in [1.807, 2.05) is 12.1 Å². The van der Waals surface area contributed by atoms with Crippen molar-refractivity contribution < 1.29 is 18.0 Å². The van der Waals surface area contributed by atoms with Crippen molar-refractivity contribution >= 4 is 17.5 Å². The number of hydrogen-bond acceptors (Lipinski definition) is 3. The molecule has 3 rings (SSSR count). The molecule has 0 aliphatic rings. The molecule has 2 heterocycles. The molecule has 27 heavy (non-hydrogen) atoms. The van der Waals surface area contributed by atoms with E-state index < -0.39 is 11.7 Å². The van der Waals surface area contributed by atoms with Crippen molar-refractivity contribution in [2.24, 2.45) is 0 Å². The minimum Gasteiger partial charge on any atom is -0.318 e. The molecule has 0 N–H and O–H groups in total. The number of thioether (sulfide) groups is 1. The Balaban J connectivity index is 1.88. The third-order valence-electron chi connectivity index (χ3n) is 4.15. The van der Waals surface area contributed by atoms with E-state index in [-0.39, 0.29) is 11.5 Å². The number of hydrogen-bond donors (Lipinski definition) is 0. The van der Waals surface area contributed by atoms with Crippen molar-refractivity contribution in [2.75, 3.05) is 5.75 Å². The number of rotatable bonds is 5. The summed E-state index contributed by atoms with van der Waals surface area (Å²) in [6.45, 7) is 3.52. The average Bonchev–Trinajstić information content (AvgIpc) is 2.94. The van der Waals surface area contributed by atoms with Crippen LogP contribution in [0.5, 0.6) is 0 Å². The second kappa shape index (κ2) is 7.60. The molecule has 0 radical (unpaired) electrons. The van der Waals surface area contributed by atoms with E-state index in [1.54, 1.807) is 42.8 Å². The topological polar surface area (TPSA) is 34.9 Å². The number of carbonyl (C=O) groups is 1. The van der Waals surface area contributed by atoms with Crippen molar-refractivity contribution in [2.45, 2.75) is 25.0 Å². The quantitative estimate of drug-likeness (QED) is 0.427. The third kappa shape index (κ3) is 4.24. The fraction of sp³-hybridized carbons (Fsp3) is 0.200. The Morgan fingerprint density at radius 1 is 1.11 bits per heavy atom. The molecule has 3 nitrogen and oxygen atoms in total. The van der Waals surface area contributed by atoms with Crippen LogP contribution < -0.4 is 0 Å². The molecular formula is C20H17F3N2OS. The third-order valence-corrected chi connectivity index (χ3v) is 5.10. The number of Topliss-reactive ketones (excluding diaryl/α,β-unsaturated/α-hetero) is 1. The van der Waals surface area contributed by atoms with Gasteiger partial charge in [-0.05, 0) is 50.2 Å². The minimum atomic E-state index is -4.41. The van der Waals surface area contributed by atoms with Crippen LogP contribution in [0, 0.1) is 13.8 Å². The zero-order valence-electron chi connectivity index (χ0n) is 14.7. The van der Waals surface area contributed by atoms with Crippen molar-refractivity contribution in [3.8, 4) is 5.69 Å². The van der Waals surface area contributed by atoms with Crippen molar-refractivity contribution in [1.29, 1.82) is 0 Å². The molecule has 140 valence electrons. The molecule has 0 bridgehead atoms. The van der Waals surface area contributed by atoms with Gasteiger partial charge in [0.1, 0.15) is 0 Å². The van der Waals surface area contributed by atoms with Crippen molar-refractivity contribution in [3.63, 3.8) is 0 Å². The van der Waals surface area contributed by atoms with Gasteiger partial charge in [-0.1, -0.05) is 23.9 Å². The summed E-state index contributed by atoms with van der Waals surface area (Å²) in [5.41, 5.74) is 1.51. The number of aryl methyl sites for hydroxylation is 1. The number of carbonyl (C=O) groups excluding carboxylic acids is 1. The molecular weight excluding hydrogens is 373 g/mol. The second-order valence-corrected chi connectivity index (χ2v) is 7.04. The first-order valence-corrected chi connectivity index (χ1v) is 9.19. The van der Waals surface area contributed by atoms with Crippen LogP contribution in [0.15, 0.2) is 59.8 Å². The zero-order chi connectivity index (χ0) is 19.6. The van der Waals surface area contributed by atoms with E-state index in [2.05, 4.69) is 4.98 Å².